The molecule has 0 bridgehead atoms. The molecule has 116 valence electrons. The molecule has 1 atom stereocenters. The van der Waals surface area contributed by atoms with Gasteiger partial charge < -0.3 is 5.11 Å². The summed E-state index contributed by atoms with van der Waals surface area (Å²) in [6.07, 6.45) is 3.18. The summed E-state index contributed by atoms with van der Waals surface area (Å²) in [5.74, 6) is -0.444. The van der Waals surface area contributed by atoms with Crippen LogP contribution in [0, 0.1) is 11.3 Å². The van der Waals surface area contributed by atoms with E-state index in [0.717, 1.165) is 38.9 Å². The molecule has 1 saturated heterocycles. The number of carboxylic acid groups (broad SMARTS) is 1. The summed E-state index contributed by atoms with van der Waals surface area (Å²) < 4.78 is 0. The average Bonchev–Trinajstić information content (AvgIpc) is 2.48. The Morgan fingerprint density at radius 1 is 1.29 bits per heavy atom. The fraction of sp³-hybridized carbons (Fsp3) is 0.611. The molecule has 0 radical (unpaired) electrons. The molecule has 0 aromatic heterocycles. The zero-order valence-electron chi connectivity index (χ0n) is 13.4. The van der Waals surface area contributed by atoms with Gasteiger partial charge in [0, 0.05) is 13.1 Å². The van der Waals surface area contributed by atoms with E-state index in [1.165, 1.54) is 11.1 Å². The van der Waals surface area contributed by atoms with Crippen LogP contribution in [0.5, 0.6) is 0 Å². The lowest BCUT2D eigenvalue weighted by molar-refractivity contribution is -0.151. The number of aliphatic carboxylic acids is 1. The van der Waals surface area contributed by atoms with Gasteiger partial charge in [-0.1, -0.05) is 31.2 Å². The van der Waals surface area contributed by atoms with E-state index in [-0.39, 0.29) is 5.92 Å². The van der Waals surface area contributed by atoms with E-state index in [1.54, 1.807) is 0 Å². The third-order valence-electron chi connectivity index (χ3n) is 4.91. The van der Waals surface area contributed by atoms with Gasteiger partial charge in [-0.15, -0.1) is 0 Å². The van der Waals surface area contributed by atoms with E-state index in [1.807, 2.05) is 13.8 Å². The molecule has 1 aromatic rings. The van der Waals surface area contributed by atoms with E-state index < -0.39 is 11.4 Å². The Morgan fingerprint density at radius 3 is 2.48 bits per heavy atom. The van der Waals surface area contributed by atoms with E-state index in [0.29, 0.717) is 0 Å². The molecule has 0 amide bonds. The van der Waals surface area contributed by atoms with Crippen molar-refractivity contribution in [1.82, 2.24) is 4.90 Å². The molecule has 1 N–H and O–H groups in total. The summed E-state index contributed by atoms with van der Waals surface area (Å²) in [7, 11) is 0. The van der Waals surface area contributed by atoms with Gasteiger partial charge in [-0.05, 0) is 56.7 Å². The molecule has 21 heavy (non-hydrogen) atoms. The fourth-order valence-corrected chi connectivity index (χ4v) is 3.10. The average molecular weight is 289 g/mol. The van der Waals surface area contributed by atoms with Crippen LogP contribution < -0.4 is 0 Å². The smallest absolute Gasteiger partial charge is 0.309 e. The lowest BCUT2D eigenvalue weighted by atomic mass is 9.74. The monoisotopic (exact) mass is 289 g/mol. The minimum atomic E-state index is -0.679. The summed E-state index contributed by atoms with van der Waals surface area (Å²) in [5.41, 5.74) is 2.05. The molecule has 1 unspecified atom stereocenters. The first-order valence-corrected chi connectivity index (χ1v) is 7.97. The van der Waals surface area contributed by atoms with Gasteiger partial charge in [0.25, 0.3) is 0 Å². The molecule has 1 heterocycles. The van der Waals surface area contributed by atoms with Gasteiger partial charge in [0.1, 0.15) is 0 Å². The number of aryl methyl sites for hydroxylation is 1. The highest BCUT2D eigenvalue weighted by atomic mass is 16.4. The zero-order chi connectivity index (χ0) is 15.5. The molecule has 1 aliphatic heterocycles. The van der Waals surface area contributed by atoms with Crippen molar-refractivity contribution < 1.29 is 9.90 Å². The minimum Gasteiger partial charge on any atom is -0.481 e. The quantitative estimate of drug-likeness (QED) is 0.901. The van der Waals surface area contributed by atoms with Crippen LogP contribution >= 0.6 is 0 Å². The maximum absolute atomic E-state index is 11.4. The Kier molecular flexibility index (Phi) is 5.04. The molecule has 0 aliphatic carbocycles. The SMILES string of the molecule is CCc1ccc(CN2CCCC(C(C)(C)C(=O)O)C2)cc1. The molecule has 0 saturated carbocycles. The third kappa shape index (κ3) is 3.85. The number of hydrogen-bond acceptors (Lipinski definition) is 2. The maximum Gasteiger partial charge on any atom is 0.309 e. The van der Waals surface area contributed by atoms with Crippen molar-refractivity contribution >= 4 is 5.97 Å². The molecule has 2 rings (SSSR count). The summed E-state index contributed by atoms with van der Waals surface area (Å²) in [5, 5.41) is 9.41. The normalized spacial score (nSPS) is 20.4. The van der Waals surface area contributed by atoms with Crippen LogP contribution in [0.1, 0.15) is 44.7 Å². The number of rotatable bonds is 5. The third-order valence-corrected chi connectivity index (χ3v) is 4.91. The molecule has 3 heteroatoms. The predicted molar refractivity (Wildman–Crippen MR) is 85.2 cm³/mol. The van der Waals surface area contributed by atoms with Crippen molar-refractivity contribution in [2.24, 2.45) is 11.3 Å². The first-order chi connectivity index (χ1) is 9.93. The van der Waals surface area contributed by atoms with Crippen LogP contribution in [0.4, 0.5) is 0 Å². The Balaban J connectivity index is 1.99. The number of benzene rings is 1. The van der Waals surface area contributed by atoms with Gasteiger partial charge in [-0.25, -0.2) is 0 Å². The number of carbonyl (C=O) groups is 1. The van der Waals surface area contributed by atoms with Gasteiger partial charge >= 0.3 is 5.97 Å². The van der Waals surface area contributed by atoms with Crippen molar-refractivity contribution in [2.45, 2.75) is 46.6 Å². The van der Waals surface area contributed by atoms with Crippen LogP contribution in [0.25, 0.3) is 0 Å². The van der Waals surface area contributed by atoms with Crippen molar-refractivity contribution in [3.63, 3.8) is 0 Å². The van der Waals surface area contributed by atoms with E-state index >= 15 is 0 Å². The summed E-state index contributed by atoms with van der Waals surface area (Å²) >= 11 is 0. The highest BCUT2D eigenvalue weighted by molar-refractivity contribution is 5.74. The molecular weight excluding hydrogens is 262 g/mol. The predicted octanol–water partition coefficient (Wildman–Crippen LogP) is 3.57. The van der Waals surface area contributed by atoms with Crippen LogP contribution in [-0.2, 0) is 17.8 Å². The summed E-state index contributed by atoms with van der Waals surface area (Å²) in [6, 6.07) is 8.78. The molecular formula is C18H27NO2. The standard InChI is InChI=1S/C18H27NO2/c1-4-14-7-9-15(10-8-14)12-19-11-5-6-16(13-19)18(2,3)17(20)21/h7-10,16H,4-6,11-13H2,1-3H3,(H,20,21). The summed E-state index contributed by atoms with van der Waals surface area (Å²) in [6.45, 7) is 8.77. The second-order valence-corrected chi connectivity index (χ2v) is 6.77. The number of carboxylic acids is 1. The number of likely N-dealkylation sites (tertiary alicyclic amines) is 1. The highest BCUT2D eigenvalue weighted by Crippen LogP contribution is 2.34. The first-order valence-electron chi connectivity index (χ1n) is 7.97. The number of piperidine rings is 1. The van der Waals surface area contributed by atoms with Crippen molar-refractivity contribution in [1.29, 1.82) is 0 Å². The highest BCUT2D eigenvalue weighted by Gasteiger charge is 2.38. The van der Waals surface area contributed by atoms with Crippen LogP contribution in [-0.4, -0.2) is 29.1 Å². The lowest BCUT2D eigenvalue weighted by Gasteiger charge is -2.39. The van der Waals surface area contributed by atoms with Crippen molar-refractivity contribution in [3.8, 4) is 0 Å². The topological polar surface area (TPSA) is 40.5 Å². The second kappa shape index (κ2) is 6.61. The molecule has 1 aromatic carbocycles. The molecule has 0 spiro atoms. The zero-order valence-corrected chi connectivity index (χ0v) is 13.4. The molecule has 1 fully saturated rings. The minimum absolute atomic E-state index is 0.235. The number of hydrogen-bond donors (Lipinski definition) is 1. The largest absolute Gasteiger partial charge is 0.481 e. The van der Waals surface area contributed by atoms with Crippen molar-refractivity contribution in [2.75, 3.05) is 13.1 Å². The van der Waals surface area contributed by atoms with Crippen LogP contribution in [0.3, 0.4) is 0 Å². The van der Waals surface area contributed by atoms with Crippen LogP contribution in [0.2, 0.25) is 0 Å². The fourth-order valence-electron chi connectivity index (χ4n) is 3.10. The van der Waals surface area contributed by atoms with E-state index in [9.17, 15) is 9.90 Å². The van der Waals surface area contributed by atoms with E-state index in [4.69, 9.17) is 0 Å². The lowest BCUT2D eigenvalue weighted by Crippen LogP contribution is -2.44. The second-order valence-electron chi connectivity index (χ2n) is 6.77. The Bertz CT molecular complexity index is 478. The van der Waals surface area contributed by atoms with Gasteiger partial charge in [0.05, 0.1) is 5.41 Å². The van der Waals surface area contributed by atoms with Gasteiger partial charge in [0.2, 0.25) is 0 Å². The number of nitrogens with zero attached hydrogens (tertiary/aromatic N) is 1. The van der Waals surface area contributed by atoms with E-state index in [2.05, 4.69) is 36.1 Å². The Hall–Kier alpha value is -1.35. The Labute approximate surface area is 128 Å². The van der Waals surface area contributed by atoms with Crippen molar-refractivity contribution in [3.05, 3.63) is 35.4 Å². The summed E-state index contributed by atoms with van der Waals surface area (Å²) in [4.78, 5) is 13.8. The first kappa shape index (κ1) is 16.0. The van der Waals surface area contributed by atoms with Gasteiger partial charge in [-0.3, -0.25) is 9.69 Å². The van der Waals surface area contributed by atoms with Gasteiger partial charge in [0.15, 0.2) is 0 Å². The molecule has 3 nitrogen and oxygen atoms in total. The van der Waals surface area contributed by atoms with Crippen LogP contribution in [0.15, 0.2) is 24.3 Å². The van der Waals surface area contributed by atoms with Gasteiger partial charge in [-0.2, -0.15) is 0 Å². The maximum atomic E-state index is 11.4. The molecule has 1 aliphatic rings. The Morgan fingerprint density at radius 2 is 1.90 bits per heavy atom.